The summed E-state index contributed by atoms with van der Waals surface area (Å²) in [5, 5.41) is 0. The van der Waals surface area contributed by atoms with Crippen molar-refractivity contribution >= 4 is 15.9 Å². The molecule has 0 aromatic heterocycles. The average molecular weight is 390 g/mol. The van der Waals surface area contributed by atoms with Crippen LogP contribution in [0.25, 0.3) is 0 Å². The molecule has 27 heavy (non-hydrogen) atoms. The Bertz CT molecular complexity index is 922. The second-order valence-electron chi connectivity index (χ2n) is 6.73. The highest BCUT2D eigenvalue weighted by Gasteiger charge is 2.29. The number of amides is 1. The zero-order valence-corrected chi connectivity index (χ0v) is 16.1. The Morgan fingerprint density at radius 3 is 2.41 bits per heavy atom. The van der Waals surface area contributed by atoms with E-state index in [-0.39, 0.29) is 36.1 Å². The summed E-state index contributed by atoms with van der Waals surface area (Å²) in [5.74, 6) is -0.346. The maximum absolute atomic E-state index is 13.2. The van der Waals surface area contributed by atoms with Gasteiger partial charge in [0.15, 0.2) is 0 Å². The van der Waals surface area contributed by atoms with Crippen molar-refractivity contribution in [1.82, 2.24) is 9.21 Å². The fourth-order valence-corrected chi connectivity index (χ4v) is 4.73. The first kappa shape index (κ1) is 19.5. The molecule has 1 fully saturated rings. The van der Waals surface area contributed by atoms with E-state index in [1.54, 1.807) is 35.2 Å². The van der Waals surface area contributed by atoms with Crippen molar-refractivity contribution in [3.63, 3.8) is 0 Å². The molecule has 1 saturated heterocycles. The number of rotatable bonds is 5. The number of piperazine rings is 1. The van der Waals surface area contributed by atoms with Gasteiger partial charge in [-0.2, -0.15) is 4.31 Å². The minimum Gasteiger partial charge on any atom is -0.340 e. The highest BCUT2D eigenvalue weighted by Crippen LogP contribution is 2.19. The van der Waals surface area contributed by atoms with Crippen molar-refractivity contribution in [1.29, 1.82) is 0 Å². The predicted octanol–water partition coefficient (Wildman–Crippen LogP) is 2.60. The van der Waals surface area contributed by atoms with Crippen molar-refractivity contribution in [2.24, 2.45) is 0 Å². The number of aryl methyl sites for hydroxylation is 2. The maximum atomic E-state index is 13.2. The summed E-state index contributed by atoms with van der Waals surface area (Å²) in [6, 6.07) is 13.1. The zero-order chi connectivity index (χ0) is 19.4. The first-order valence-corrected chi connectivity index (χ1v) is 10.4. The highest BCUT2D eigenvalue weighted by atomic mass is 32.2. The molecule has 3 rings (SSSR count). The van der Waals surface area contributed by atoms with E-state index in [1.165, 1.54) is 16.4 Å². The molecule has 0 saturated carbocycles. The number of nitrogens with zero attached hydrogens (tertiary/aromatic N) is 2. The molecule has 0 radical (unpaired) electrons. The van der Waals surface area contributed by atoms with E-state index in [2.05, 4.69) is 0 Å². The topological polar surface area (TPSA) is 57.7 Å². The summed E-state index contributed by atoms with van der Waals surface area (Å²) >= 11 is 0. The summed E-state index contributed by atoms with van der Waals surface area (Å²) in [5.41, 5.74) is 1.67. The van der Waals surface area contributed by atoms with Crippen molar-refractivity contribution in [3.8, 4) is 0 Å². The molecule has 1 aliphatic rings. The van der Waals surface area contributed by atoms with E-state index in [1.807, 2.05) is 13.0 Å². The number of halogens is 1. The SMILES string of the molecule is Cc1cccc(S(=O)(=O)N2CCN(C(=O)CCc3cccc(F)c3)CC2)c1. The minimum atomic E-state index is -3.54. The lowest BCUT2D eigenvalue weighted by molar-refractivity contribution is -0.132. The van der Waals surface area contributed by atoms with Gasteiger partial charge in [0.1, 0.15) is 5.82 Å². The van der Waals surface area contributed by atoms with Gasteiger partial charge in [-0.15, -0.1) is 0 Å². The van der Waals surface area contributed by atoms with Crippen LogP contribution in [0.15, 0.2) is 53.4 Å². The molecule has 5 nitrogen and oxygen atoms in total. The van der Waals surface area contributed by atoms with Crippen LogP contribution in [0.3, 0.4) is 0 Å². The van der Waals surface area contributed by atoms with Gasteiger partial charge in [-0.3, -0.25) is 4.79 Å². The number of carbonyl (C=O) groups excluding carboxylic acids is 1. The molecule has 0 spiro atoms. The van der Waals surface area contributed by atoms with Crippen LogP contribution in [0.4, 0.5) is 4.39 Å². The molecule has 0 aliphatic carbocycles. The smallest absolute Gasteiger partial charge is 0.243 e. The minimum absolute atomic E-state index is 0.0353. The molecule has 0 N–H and O–H groups in total. The molecular weight excluding hydrogens is 367 g/mol. The summed E-state index contributed by atoms with van der Waals surface area (Å²) in [4.78, 5) is 14.4. The van der Waals surface area contributed by atoms with E-state index in [4.69, 9.17) is 0 Å². The molecule has 1 aliphatic heterocycles. The molecule has 2 aromatic rings. The van der Waals surface area contributed by atoms with Crippen molar-refractivity contribution in [3.05, 3.63) is 65.5 Å². The maximum Gasteiger partial charge on any atom is 0.243 e. The van der Waals surface area contributed by atoms with E-state index in [0.717, 1.165) is 11.1 Å². The third kappa shape index (κ3) is 4.73. The van der Waals surface area contributed by atoms with Crippen LogP contribution in [0.5, 0.6) is 0 Å². The van der Waals surface area contributed by atoms with Gasteiger partial charge in [-0.1, -0.05) is 24.3 Å². The summed E-state index contributed by atoms with van der Waals surface area (Å²) in [6.45, 7) is 3.15. The van der Waals surface area contributed by atoms with Crippen molar-refractivity contribution in [2.75, 3.05) is 26.2 Å². The Hall–Kier alpha value is -2.25. The molecule has 1 amide bonds. The van der Waals surface area contributed by atoms with Gasteiger partial charge in [-0.05, 0) is 48.7 Å². The lowest BCUT2D eigenvalue weighted by atomic mass is 10.1. The number of hydrogen-bond donors (Lipinski definition) is 0. The summed E-state index contributed by atoms with van der Waals surface area (Å²) in [7, 11) is -3.54. The number of sulfonamides is 1. The van der Waals surface area contributed by atoms with Crippen LogP contribution < -0.4 is 0 Å². The normalized spacial score (nSPS) is 15.7. The van der Waals surface area contributed by atoms with E-state index >= 15 is 0 Å². The highest BCUT2D eigenvalue weighted by molar-refractivity contribution is 7.89. The number of hydrogen-bond acceptors (Lipinski definition) is 3. The quantitative estimate of drug-likeness (QED) is 0.789. The number of benzene rings is 2. The molecule has 144 valence electrons. The third-order valence-corrected chi connectivity index (χ3v) is 6.63. The lowest BCUT2D eigenvalue weighted by Gasteiger charge is -2.34. The Kier molecular flexibility index (Phi) is 5.92. The van der Waals surface area contributed by atoms with Crippen LogP contribution in [0, 0.1) is 12.7 Å². The van der Waals surface area contributed by atoms with Gasteiger partial charge in [0.2, 0.25) is 15.9 Å². The molecule has 0 atom stereocenters. The van der Waals surface area contributed by atoms with Gasteiger partial charge in [0, 0.05) is 32.6 Å². The van der Waals surface area contributed by atoms with Crippen molar-refractivity contribution in [2.45, 2.75) is 24.7 Å². The second kappa shape index (κ2) is 8.19. The van der Waals surface area contributed by atoms with Crippen LogP contribution >= 0.6 is 0 Å². The van der Waals surface area contributed by atoms with Gasteiger partial charge in [0.05, 0.1) is 4.90 Å². The largest absolute Gasteiger partial charge is 0.340 e. The third-order valence-electron chi connectivity index (χ3n) is 4.74. The molecule has 0 unspecified atom stereocenters. The van der Waals surface area contributed by atoms with Gasteiger partial charge in [-0.25, -0.2) is 12.8 Å². The number of carbonyl (C=O) groups is 1. The second-order valence-corrected chi connectivity index (χ2v) is 8.67. The fraction of sp³-hybridized carbons (Fsp3) is 0.350. The Morgan fingerprint density at radius 2 is 1.74 bits per heavy atom. The van der Waals surface area contributed by atoms with Gasteiger partial charge >= 0.3 is 0 Å². The standard InChI is InChI=1S/C20H23FN2O3S/c1-16-4-2-7-19(14-16)27(25,26)23-12-10-22(11-13-23)20(24)9-8-17-5-3-6-18(21)15-17/h2-7,14-15H,8-13H2,1H3. The first-order valence-electron chi connectivity index (χ1n) is 8.95. The predicted molar refractivity (Wildman–Crippen MR) is 101 cm³/mol. The molecule has 1 heterocycles. The first-order chi connectivity index (χ1) is 12.9. The van der Waals surface area contributed by atoms with Crippen LogP contribution in [0.2, 0.25) is 0 Å². The van der Waals surface area contributed by atoms with E-state index in [9.17, 15) is 17.6 Å². The molecule has 7 heteroatoms. The zero-order valence-electron chi connectivity index (χ0n) is 15.3. The van der Waals surface area contributed by atoms with Crippen LogP contribution in [-0.4, -0.2) is 49.7 Å². The molecule has 0 bridgehead atoms. The molecular formula is C20H23FN2O3S. The summed E-state index contributed by atoms with van der Waals surface area (Å²) < 4.78 is 40.1. The van der Waals surface area contributed by atoms with Crippen LogP contribution in [-0.2, 0) is 21.2 Å². The monoisotopic (exact) mass is 390 g/mol. The van der Waals surface area contributed by atoms with Crippen LogP contribution in [0.1, 0.15) is 17.5 Å². The van der Waals surface area contributed by atoms with Gasteiger partial charge < -0.3 is 4.90 Å². The van der Waals surface area contributed by atoms with E-state index in [0.29, 0.717) is 19.5 Å². The Balaban J connectivity index is 1.56. The lowest BCUT2D eigenvalue weighted by Crippen LogP contribution is -2.50. The van der Waals surface area contributed by atoms with Gasteiger partial charge in [0.25, 0.3) is 0 Å². The Labute approximate surface area is 159 Å². The van der Waals surface area contributed by atoms with Crippen molar-refractivity contribution < 1.29 is 17.6 Å². The fourth-order valence-electron chi connectivity index (χ4n) is 3.20. The molecule has 2 aromatic carbocycles. The average Bonchev–Trinajstić information content (AvgIpc) is 2.66. The summed E-state index contributed by atoms with van der Waals surface area (Å²) in [6.07, 6.45) is 0.756. The van der Waals surface area contributed by atoms with E-state index < -0.39 is 10.0 Å². The Morgan fingerprint density at radius 1 is 1.04 bits per heavy atom.